The van der Waals surface area contributed by atoms with E-state index in [0.717, 1.165) is 0 Å². The molecular formula is C22H26ClN3O6. The number of benzene rings is 2. The van der Waals surface area contributed by atoms with Crippen molar-refractivity contribution in [2.75, 3.05) is 32.8 Å². The number of anilines is 1. The van der Waals surface area contributed by atoms with Gasteiger partial charge in [-0.2, -0.15) is 10.2 Å². The van der Waals surface area contributed by atoms with E-state index in [1.807, 2.05) is 13.8 Å². The van der Waals surface area contributed by atoms with Crippen LogP contribution in [0.5, 0.6) is 23.0 Å². The van der Waals surface area contributed by atoms with Crippen molar-refractivity contribution in [2.45, 2.75) is 26.8 Å². The van der Waals surface area contributed by atoms with Crippen molar-refractivity contribution in [3.05, 3.63) is 35.4 Å². The van der Waals surface area contributed by atoms with E-state index in [2.05, 4.69) is 15.5 Å². The molecule has 9 nitrogen and oxygen atoms in total. The molecule has 2 rings (SSSR count). The quantitative estimate of drug-likeness (QED) is 0.377. The Morgan fingerprint density at radius 1 is 1.00 bits per heavy atom. The van der Waals surface area contributed by atoms with Gasteiger partial charge in [0.25, 0.3) is 5.91 Å². The van der Waals surface area contributed by atoms with Crippen LogP contribution >= 0.6 is 11.6 Å². The van der Waals surface area contributed by atoms with Crippen LogP contribution in [0.3, 0.4) is 0 Å². The lowest BCUT2D eigenvalue weighted by Crippen LogP contribution is -2.31. The lowest BCUT2D eigenvalue weighted by molar-refractivity contribution is -0.126. The van der Waals surface area contributed by atoms with E-state index in [1.54, 1.807) is 18.2 Å². The summed E-state index contributed by atoms with van der Waals surface area (Å²) in [6.07, 6.45) is 0. The summed E-state index contributed by atoms with van der Waals surface area (Å²) in [6, 6.07) is 6.67. The smallest absolute Gasteiger partial charge is 0.258 e. The number of nitrogens with zero attached hydrogens (tertiary/aromatic N) is 2. The van der Waals surface area contributed by atoms with Gasteiger partial charge >= 0.3 is 0 Å². The predicted octanol–water partition coefficient (Wildman–Crippen LogP) is 4.83. The van der Waals surface area contributed by atoms with Gasteiger partial charge in [-0.25, -0.2) is 0 Å². The van der Waals surface area contributed by atoms with E-state index < -0.39 is 17.7 Å². The molecule has 0 aliphatic rings. The maximum absolute atomic E-state index is 12.8. The number of nitrogens with one attached hydrogen (secondary N) is 1. The van der Waals surface area contributed by atoms with Crippen LogP contribution in [-0.2, 0) is 9.59 Å². The molecule has 2 aromatic rings. The topological polar surface area (TPSA) is 108 Å². The summed E-state index contributed by atoms with van der Waals surface area (Å²) in [4.78, 5) is 24.9. The number of azo groups is 1. The van der Waals surface area contributed by atoms with Crippen LogP contribution in [-0.4, -0.2) is 45.2 Å². The van der Waals surface area contributed by atoms with E-state index in [1.165, 1.54) is 33.3 Å². The van der Waals surface area contributed by atoms with Gasteiger partial charge in [-0.15, -0.1) is 0 Å². The molecule has 1 atom stereocenters. The summed E-state index contributed by atoms with van der Waals surface area (Å²) >= 11 is 6.15. The molecule has 0 aromatic heterocycles. The Morgan fingerprint density at radius 2 is 1.62 bits per heavy atom. The average Bonchev–Trinajstić information content (AvgIpc) is 2.76. The van der Waals surface area contributed by atoms with Gasteiger partial charge in [-0.3, -0.25) is 9.59 Å². The number of carbonyl (C=O) groups excluding carboxylic acids is 2. The van der Waals surface area contributed by atoms with Crippen molar-refractivity contribution in [3.8, 4) is 23.0 Å². The molecule has 32 heavy (non-hydrogen) atoms. The largest absolute Gasteiger partial charge is 0.495 e. The van der Waals surface area contributed by atoms with Crippen LogP contribution < -0.4 is 24.3 Å². The number of hydrogen-bond donors (Lipinski definition) is 1. The molecule has 2 aromatic carbocycles. The molecule has 0 spiro atoms. The first-order valence-electron chi connectivity index (χ1n) is 9.87. The predicted molar refractivity (Wildman–Crippen MR) is 121 cm³/mol. The second-order valence-corrected chi connectivity index (χ2v) is 6.79. The summed E-state index contributed by atoms with van der Waals surface area (Å²) in [5.41, 5.74) is 0.690. The van der Waals surface area contributed by atoms with Gasteiger partial charge in [0.1, 0.15) is 33.7 Å². The minimum absolute atomic E-state index is 0.259. The third-order valence-corrected chi connectivity index (χ3v) is 4.54. The Morgan fingerprint density at radius 3 is 2.16 bits per heavy atom. The number of ether oxygens (including phenoxy) is 4. The van der Waals surface area contributed by atoms with Crippen molar-refractivity contribution in [1.29, 1.82) is 0 Å². The maximum atomic E-state index is 12.8. The molecule has 0 bridgehead atoms. The summed E-state index contributed by atoms with van der Waals surface area (Å²) in [6.45, 7) is 5.85. The highest BCUT2D eigenvalue weighted by Crippen LogP contribution is 2.37. The molecule has 0 heterocycles. The molecule has 1 unspecified atom stereocenters. The molecule has 0 aliphatic carbocycles. The van der Waals surface area contributed by atoms with Crippen molar-refractivity contribution in [2.24, 2.45) is 10.2 Å². The fraction of sp³-hybridized carbons (Fsp3) is 0.364. The van der Waals surface area contributed by atoms with Gasteiger partial charge in [-0.05, 0) is 32.9 Å². The van der Waals surface area contributed by atoms with Crippen LogP contribution in [0.4, 0.5) is 11.4 Å². The number of carbonyl (C=O) groups is 2. The summed E-state index contributed by atoms with van der Waals surface area (Å²) in [5, 5.41) is 10.9. The molecule has 172 valence electrons. The standard InChI is InChI=1S/C22H26ClN3O6/c1-6-31-15-8-9-16(17(12-15)32-7-2)25-26-21(13(3)27)22(28)24-14-10-18(29-4)20(23)19(11-14)30-5/h8-12,21H,6-7H2,1-5H3,(H,24,28). The highest BCUT2D eigenvalue weighted by Gasteiger charge is 2.24. The molecule has 0 saturated carbocycles. The van der Waals surface area contributed by atoms with Crippen molar-refractivity contribution < 1.29 is 28.5 Å². The normalized spacial score (nSPS) is 11.7. The highest BCUT2D eigenvalue weighted by atomic mass is 35.5. The molecule has 1 amide bonds. The van der Waals surface area contributed by atoms with E-state index in [9.17, 15) is 9.59 Å². The Bertz CT molecular complexity index is 971. The van der Waals surface area contributed by atoms with Crippen LogP contribution in [0.1, 0.15) is 20.8 Å². The second-order valence-electron chi connectivity index (χ2n) is 6.41. The number of methoxy groups -OCH3 is 2. The molecular weight excluding hydrogens is 438 g/mol. The summed E-state index contributed by atoms with van der Waals surface area (Å²) < 4.78 is 21.4. The molecule has 10 heteroatoms. The molecule has 0 saturated heterocycles. The molecule has 0 aliphatic heterocycles. The number of amides is 1. The summed E-state index contributed by atoms with van der Waals surface area (Å²) in [5.74, 6) is 0.495. The van der Waals surface area contributed by atoms with Crippen LogP contribution in [0, 0.1) is 0 Å². The minimum atomic E-state index is -1.37. The zero-order valence-electron chi connectivity index (χ0n) is 18.6. The van der Waals surface area contributed by atoms with Crippen LogP contribution in [0.25, 0.3) is 0 Å². The highest BCUT2D eigenvalue weighted by molar-refractivity contribution is 6.33. The second kappa shape index (κ2) is 11.9. The van der Waals surface area contributed by atoms with Crippen molar-refractivity contribution in [1.82, 2.24) is 0 Å². The first kappa shape index (κ1) is 24.9. The third kappa shape index (κ3) is 6.34. The fourth-order valence-corrected chi connectivity index (χ4v) is 2.96. The third-order valence-electron chi connectivity index (χ3n) is 4.17. The maximum Gasteiger partial charge on any atom is 0.258 e. The molecule has 0 fully saturated rings. The summed E-state index contributed by atoms with van der Waals surface area (Å²) in [7, 11) is 2.87. The van der Waals surface area contributed by atoms with Crippen molar-refractivity contribution in [3.63, 3.8) is 0 Å². The lowest BCUT2D eigenvalue weighted by Gasteiger charge is -2.14. The number of hydrogen-bond acceptors (Lipinski definition) is 8. The number of ketones is 1. The molecule has 1 N–H and O–H groups in total. The van der Waals surface area contributed by atoms with Gasteiger partial charge in [0, 0.05) is 23.9 Å². The monoisotopic (exact) mass is 463 g/mol. The first-order chi connectivity index (χ1) is 15.3. The Kier molecular flexibility index (Phi) is 9.27. The van der Waals surface area contributed by atoms with Crippen molar-refractivity contribution >= 4 is 34.7 Å². The fourth-order valence-electron chi connectivity index (χ4n) is 2.70. The number of halogens is 1. The zero-order valence-corrected chi connectivity index (χ0v) is 19.4. The number of rotatable bonds is 11. The lowest BCUT2D eigenvalue weighted by atomic mass is 10.2. The van der Waals surface area contributed by atoms with Gasteiger partial charge in [0.2, 0.25) is 6.04 Å². The Balaban J connectivity index is 2.28. The Labute approximate surface area is 191 Å². The molecule has 0 radical (unpaired) electrons. The average molecular weight is 464 g/mol. The number of Topliss-reactive ketones (excluding diaryl/α,β-unsaturated/α-hetero) is 1. The van der Waals surface area contributed by atoms with Gasteiger partial charge < -0.3 is 24.3 Å². The first-order valence-corrected chi connectivity index (χ1v) is 10.3. The minimum Gasteiger partial charge on any atom is -0.495 e. The van der Waals surface area contributed by atoms with Crippen LogP contribution in [0.15, 0.2) is 40.6 Å². The van der Waals surface area contributed by atoms with E-state index in [0.29, 0.717) is 47.6 Å². The van der Waals surface area contributed by atoms with E-state index >= 15 is 0 Å². The van der Waals surface area contributed by atoms with Gasteiger partial charge in [0.15, 0.2) is 5.78 Å². The van der Waals surface area contributed by atoms with E-state index in [-0.39, 0.29) is 5.02 Å². The van der Waals surface area contributed by atoms with Gasteiger partial charge in [0.05, 0.1) is 27.4 Å². The zero-order chi connectivity index (χ0) is 23.7. The van der Waals surface area contributed by atoms with Gasteiger partial charge in [-0.1, -0.05) is 11.6 Å². The van der Waals surface area contributed by atoms with Crippen LogP contribution in [0.2, 0.25) is 5.02 Å². The SMILES string of the molecule is CCOc1ccc(N=NC(C(C)=O)C(=O)Nc2cc(OC)c(Cl)c(OC)c2)c(OCC)c1. The Hall–Kier alpha value is -3.33. The van der Waals surface area contributed by atoms with E-state index in [4.69, 9.17) is 30.5 Å².